The zero-order chi connectivity index (χ0) is 14.6. The van der Waals surface area contributed by atoms with Crippen LogP contribution in [-0.2, 0) is 4.79 Å². The maximum atomic E-state index is 12.3. The summed E-state index contributed by atoms with van der Waals surface area (Å²) in [4.78, 5) is 14.7. The minimum absolute atomic E-state index is 0. The third-order valence-corrected chi connectivity index (χ3v) is 5.32. The van der Waals surface area contributed by atoms with E-state index >= 15 is 0 Å². The average molecular weight is 318 g/mol. The molecule has 2 fully saturated rings. The third-order valence-electron chi connectivity index (χ3n) is 5.32. The molecular formula is C16H32ClN3O. The minimum Gasteiger partial charge on any atom is -0.354 e. The molecule has 0 aromatic heterocycles. The van der Waals surface area contributed by atoms with Gasteiger partial charge in [-0.05, 0) is 58.8 Å². The number of piperidine rings is 1. The molecule has 1 heterocycles. The Bertz CT molecular complexity index is 331. The Kier molecular flexibility index (Phi) is 7.45. The second-order valence-electron chi connectivity index (χ2n) is 7.06. The van der Waals surface area contributed by atoms with Crippen molar-refractivity contribution in [2.45, 2.75) is 51.0 Å². The highest BCUT2D eigenvalue weighted by atomic mass is 35.5. The van der Waals surface area contributed by atoms with Crippen molar-refractivity contribution < 1.29 is 4.79 Å². The first-order valence-corrected chi connectivity index (χ1v) is 8.19. The van der Waals surface area contributed by atoms with Gasteiger partial charge in [-0.15, -0.1) is 12.4 Å². The topological polar surface area (TPSA) is 44.4 Å². The minimum atomic E-state index is 0. The second kappa shape index (κ2) is 8.35. The fourth-order valence-electron chi connectivity index (χ4n) is 3.84. The van der Waals surface area contributed by atoms with E-state index in [4.69, 9.17) is 0 Å². The molecule has 0 aromatic carbocycles. The number of likely N-dealkylation sites (N-methyl/N-ethyl adjacent to an activating group) is 1. The van der Waals surface area contributed by atoms with Crippen LogP contribution >= 0.6 is 12.4 Å². The monoisotopic (exact) mass is 317 g/mol. The first-order chi connectivity index (χ1) is 9.53. The SMILES string of the molecule is CC1CCCC(CNC(=O)C2CCNCC2)(N(C)C)C1.Cl. The summed E-state index contributed by atoms with van der Waals surface area (Å²) < 4.78 is 0. The average Bonchev–Trinajstić information content (AvgIpc) is 2.45. The molecule has 2 atom stereocenters. The van der Waals surface area contributed by atoms with Gasteiger partial charge in [0.25, 0.3) is 0 Å². The first-order valence-electron chi connectivity index (χ1n) is 8.19. The van der Waals surface area contributed by atoms with Gasteiger partial charge in [0, 0.05) is 18.0 Å². The highest BCUT2D eigenvalue weighted by Crippen LogP contribution is 2.35. The maximum absolute atomic E-state index is 12.3. The van der Waals surface area contributed by atoms with Gasteiger partial charge in [0.1, 0.15) is 0 Å². The van der Waals surface area contributed by atoms with E-state index in [0.29, 0.717) is 0 Å². The van der Waals surface area contributed by atoms with E-state index in [-0.39, 0.29) is 29.8 Å². The van der Waals surface area contributed by atoms with Crippen molar-refractivity contribution >= 4 is 18.3 Å². The van der Waals surface area contributed by atoms with E-state index < -0.39 is 0 Å². The molecule has 0 bridgehead atoms. The van der Waals surface area contributed by atoms with Crippen molar-refractivity contribution in [3.05, 3.63) is 0 Å². The number of rotatable bonds is 4. The van der Waals surface area contributed by atoms with E-state index in [1.54, 1.807) is 0 Å². The molecule has 21 heavy (non-hydrogen) atoms. The lowest BCUT2D eigenvalue weighted by atomic mass is 9.75. The van der Waals surface area contributed by atoms with Crippen LogP contribution in [0.25, 0.3) is 0 Å². The quantitative estimate of drug-likeness (QED) is 0.834. The predicted molar refractivity (Wildman–Crippen MR) is 89.9 cm³/mol. The molecule has 1 aliphatic heterocycles. The van der Waals surface area contributed by atoms with Crippen molar-refractivity contribution in [2.24, 2.45) is 11.8 Å². The molecule has 2 aliphatic rings. The van der Waals surface area contributed by atoms with Crippen molar-refractivity contribution in [1.29, 1.82) is 0 Å². The fraction of sp³-hybridized carbons (Fsp3) is 0.938. The number of hydrogen-bond acceptors (Lipinski definition) is 3. The van der Waals surface area contributed by atoms with Gasteiger partial charge in [0.05, 0.1) is 0 Å². The summed E-state index contributed by atoms with van der Waals surface area (Å²) in [5, 5.41) is 6.57. The number of nitrogens with one attached hydrogen (secondary N) is 2. The normalized spacial score (nSPS) is 30.8. The van der Waals surface area contributed by atoms with Crippen molar-refractivity contribution in [3.63, 3.8) is 0 Å². The van der Waals surface area contributed by atoms with Gasteiger partial charge in [-0.2, -0.15) is 0 Å². The molecule has 2 N–H and O–H groups in total. The Labute approximate surface area is 135 Å². The highest BCUT2D eigenvalue weighted by molar-refractivity contribution is 5.85. The molecule has 5 heteroatoms. The van der Waals surface area contributed by atoms with Crippen LogP contribution in [0.15, 0.2) is 0 Å². The molecule has 1 amide bonds. The Morgan fingerprint density at radius 1 is 1.29 bits per heavy atom. The largest absolute Gasteiger partial charge is 0.354 e. The summed E-state index contributed by atoms with van der Waals surface area (Å²) in [6, 6.07) is 0. The molecule has 1 saturated heterocycles. The predicted octanol–water partition coefficient (Wildman–Crippen LogP) is 2.03. The van der Waals surface area contributed by atoms with E-state index in [0.717, 1.165) is 38.4 Å². The van der Waals surface area contributed by atoms with E-state index in [2.05, 4.69) is 36.6 Å². The van der Waals surface area contributed by atoms with Crippen LogP contribution < -0.4 is 10.6 Å². The summed E-state index contributed by atoms with van der Waals surface area (Å²) >= 11 is 0. The Hall–Kier alpha value is -0.320. The van der Waals surface area contributed by atoms with Gasteiger partial charge in [0.2, 0.25) is 5.91 Å². The molecule has 2 rings (SSSR count). The molecule has 0 aromatic rings. The van der Waals surface area contributed by atoms with Crippen LogP contribution in [0.1, 0.15) is 45.4 Å². The molecule has 0 radical (unpaired) electrons. The number of carbonyl (C=O) groups excluding carboxylic acids is 1. The molecule has 1 saturated carbocycles. The van der Waals surface area contributed by atoms with Gasteiger partial charge < -0.3 is 15.5 Å². The van der Waals surface area contributed by atoms with Crippen molar-refractivity contribution in [3.8, 4) is 0 Å². The Morgan fingerprint density at radius 2 is 1.95 bits per heavy atom. The molecular weight excluding hydrogens is 286 g/mol. The molecule has 4 nitrogen and oxygen atoms in total. The van der Waals surface area contributed by atoms with Gasteiger partial charge >= 0.3 is 0 Å². The fourth-order valence-corrected chi connectivity index (χ4v) is 3.84. The van der Waals surface area contributed by atoms with Crippen molar-refractivity contribution in [1.82, 2.24) is 15.5 Å². The highest BCUT2D eigenvalue weighted by Gasteiger charge is 2.37. The molecule has 1 aliphatic carbocycles. The number of amides is 1. The van der Waals surface area contributed by atoms with Crippen molar-refractivity contribution in [2.75, 3.05) is 33.7 Å². The van der Waals surface area contributed by atoms with E-state index in [1.807, 2.05) is 0 Å². The zero-order valence-electron chi connectivity index (χ0n) is 13.8. The van der Waals surface area contributed by atoms with Gasteiger partial charge in [0.15, 0.2) is 0 Å². The summed E-state index contributed by atoms with van der Waals surface area (Å²) in [6.45, 7) is 5.11. The summed E-state index contributed by atoms with van der Waals surface area (Å²) in [5.41, 5.74) is 0.167. The third kappa shape index (κ3) is 4.83. The standard InChI is InChI=1S/C16H31N3O.ClH/c1-13-5-4-8-16(11-13,19(2)3)12-18-15(20)14-6-9-17-10-7-14;/h13-14,17H,4-12H2,1-3H3,(H,18,20);1H. The van der Waals surface area contributed by atoms with Crippen LogP contribution in [-0.4, -0.2) is 50.1 Å². The Morgan fingerprint density at radius 3 is 2.52 bits per heavy atom. The molecule has 0 spiro atoms. The molecule has 124 valence electrons. The number of hydrogen-bond donors (Lipinski definition) is 2. The first kappa shape index (κ1) is 18.7. The summed E-state index contributed by atoms with van der Waals surface area (Å²) in [5.74, 6) is 1.25. The lowest BCUT2D eigenvalue weighted by molar-refractivity contribution is -0.126. The van der Waals surface area contributed by atoms with Crippen LogP contribution in [0.2, 0.25) is 0 Å². The van der Waals surface area contributed by atoms with Crippen LogP contribution in [0.3, 0.4) is 0 Å². The van der Waals surface area contributed by atoms with E-state index in [1.165, 1.54) is 25.7 Å². The smallest absolute Gasteiger partial charge is 0.223 e. The van der Waals surface area contributed by atoms with E-state index in [9.17, 15) is 4.79 Å². The van der Waals surface area contributed by atoms with Gasteiger partial charge in [-0.3, -0.25) is 4.79 Å². The number of carbonyl (C=O) groups is 1. The Balaban J connectivity index is 0.00000220. The lowest BCUT2D eigenvalue weighted by Crippen LogP contribution is -2.55. The van der Waals surface area contributed by atoms with Crippen LogP contribution in [0.5, 0.6) is 0 Å². The van der Waals surface area contributed by atoms with Crippen LogP contribution in [0, 0.1) is 11.8 Å². The second-order valence-corrected chi connectivity index (χ2v) is 7.06. The van der Waals surface area contributed by atoms with Crippen LogP contribution in [0.4, 0.5) is 0 Å². The maximum Gasteiger partial charge on any atom is 0.223 e. The van der Waals surface area contributed by atoms with Gasteiger partial charge in [-0.25, -0.2) is 0 Å². The molecule has 2 unspecified atom stereocenters. The number of halogens is 1. The van der Waals surface area contributed by atoms with Gasteiger partial charge in [-0.1, -0.05) is 19.8 Å². The lowest BCUT2D eigenvalue weighted by Gasteiger charge is -2.45. The number of nitrogens with zero attached hydrogens (tertiary/aromatic N) is 1. The summed E-state index contributed by atoms with van der Waals surface area (Å²) in [6.07, 6.45) is 6.98. The summed E-state index contributed by atoms with van der Waals surface area (Å²) in [7, 11) is 4.32. The zero-order valence-corrected chi connectivity index (χ0v) is 14.6.